The first-order valence-corrected chi connectivity index (χ1v) is 7.17. The van der Waals surface area contributed by atoms with E-state index in [2.05, 4.69) is 15.5 Å². The number of ether oxygens (including phenoxy) is 1. The fourth-order valence-electron chi connectivity index (χ4n) is 2.20. The number of nitrogen functional groups attached to an aromatic ring is 1. The zero-order chi connectivity index (χ0) is 17.1. The number of hydrogen-bond acceptors (Lipinski definition) is 7. The summed E-state index contributed by atoms with van der Waals surface area (Å²) in [6, 6.07) is 6.99. The van der Waals surface area contributed by atoms with E-state index < -0.39 is 5.91 Å². The van der Waals surface area contributed by atoms with Crippen molar-refractivity contribution in [3.63, 3.8) is 0 Å². The van der Waals surface area contributed by atoms with E-state index in [4.69, 9.17) is 19.4 Å². The molecule has 0 bridgehead atoms. The Balaban J connectivity index is 1.81. The number of methoxy groups -OCH3 is 1. The standard InChI is InChI=1S/C16H16N4O4/c1-9-3-5-11(23-9)8-19-16(21)13-14(20-24-15(13)17)10-4-6-12(22-2)18-7-10/h3-7H,8,17H2,1-2H3,(H,19,21). The molecule has 124 valence electrons. The van der Waals surface area contributed by atoms with E-state index in [-0.39, 0.29) is 18.0 Å². The maximum atomic E-state index is 12.4. The van der Waals surface area contributed by atoms with E-state index >= 15 is 0 Å². The Kier molecular flexibility index (Phi) is 4.19. The summed E-state index contributed by atoms with van der Waals surface area (Å²) in [5, 5.41) is 6.59. The summed E-state index contributed by atoms with van der Waals surface area (Å²) in [7, 11) is 1.52. The molecule has 0 radical (unpaired) electrons. The molecule has 1 amide bonds. The highest BCUT2D eigenvalue weighted by molar-refractivity contribution is 6.03. The Morgan fingerprint density at radius 2 is 2.17 bits per heavy atom. The smallest absolute Gasteiger partial charge is 0.259 e. The van der Waals surface area contributed by atoms with Gasteiger partial charge in [-0.2, -0.15) is 0 Å². The molecule has 0 aliphatic carbocycles. The summed E-state index contributed by atoms with van der Waals surface area (Å²) in [5.41, 5.74) is 6.82. The second kappa shape index (κ2) is 6.45. The van der Waals surface area contributed by atoms with Crippen LogP contribution in [0.5, 0.6) is 5.88 Å². The van der Waals surface area contributed by atoms with Crippen molar-refractivity contribution in [1.29, 1.82) is 0 Å². The van der Waals surface area contributed by atoms with Gasteiger partial charge in [-0.1, -0.05) is 5.16 Å². The second-order valence-electron chi connectivity index (χ2n) is 5.05. The van der Waals surface area contributed by atoms with Crippen LogP contribution in [0.4, 0.5) is 5.88 Å². The lowest BCUT2D eigenvalue weighted by molar-refractivity contribution is 0.0949. The van der Waals surface area contributed by atoms with Crippen LogP contribution in [0.25, 0.3) is 11.3 Å². The van der Waals surface area contributed by atoms with Crippen LogP contribution in [0.2, 0.25) is 0 Å². The number of nitrogens with one attached hydrogen (secondary N) is 1. The van der Waals surface area contributed by atoms with E-state index in [0.29, 0.717) is 22.9 Å². The largest absolute Gasteiger partial charge is 0.481 e. The van der Waals surface area contributed by atoms with Crippen molar-refractivity contribution in [1.82, 2.24) is 15.5 Å². The number of anilines is 1. The van der Waals surface area contributed by atoms with Crippen molar-refractivity contribution < 1.29 is 18.5 Å². The number of amides is 1. The molecule has 3 N–H and O–H groups in total. The molecular formula is C16H16N4O4. The first-order valence-electron chi connectivity index (χ1n) is 7.17. The highest BCUT2D eigenvalue weighted by Crippen LogP contribution is 2.27. The van der Waals surface area contributed by atoms with E-state index in [1.807, 2.05) is 13.0 Å². The molecule has 0 fully saturated rings. The van der Waals surface area contributed by atoms with Gasteiger partial charge >= 0.3 is 0 Å². The monoisotopic (exact) mass is 328 g/mol. The minimum atomic E-state index is -0.409. The van der Waals surface area contributed by atoms with Gasteiger partial charge in [0.2, 0.25) is 11.8 Å². The maximum absolute atomic E-state index is 12.4. The molecule has 3 aromatic heterocycles. The molecule has 3 heterocycles. The van der Waals surface area contributed by atoms with Crippen LogP contribution in [0, 0.1) is 6.92 Å². The predicted octanol–water partition coefficient (Wildman–Crippen LogP) is 2.16. The van der Waals surface area contributed by atoms with Crippen LogP contribution in [0.15, 0.2) is 39.4 Å². The van der Waals surface area contributed by atoms with Gasteiger partial charge in [-0.05, 0) is 25.1 Å². The normalized spacial score (nSPS) is 10.6. The third kappa shape index (κ3) is 3.07. The van der Waals surface area contributed by atoms with Gasteiger partial charge in [0.25, 0.3) is 5.91 Å². The minimum absolute atomic E-state index is 0.0612. The van der Waals surface area contributed by atoms with Gasteiger partial charge in [0.1, 0.15) is 22.8 Å². The Morgan fingerprint density at radius 1 is 1.33 bits per heavy atom. The van der Waals surface area contributed by atoms with Crippen molar-refractivity contribution in [3.8, 4) is 17.1 Å². The van der Waals surface area contributed by atoms with E-state index in [0.717, 1.165) is 5.76 Å². The summed E-state index contributed by atoms with van der Waals surface area (Å²) in [6.07, 6.45) is 1.53. The summed E-state index contributed by atoms with van der Waals surface area (Å²) in [6.45, 7) is 2.07. The van der Waals surface area contributed by atoms with Crippen molar-refractivity contribution >= 4 is 11.8 Å². The summed E-state index contributed by atoms with van der Waals surface area (Å²) in [5.74, 6) is 1.40. The van der Waals surface area contributed by atoms with Crippen LogP contribution in [0.1, 0.15) is 21.9 Å². The first-order chi connectivity index (χ1) is 11.6. The average Bonchev–Trinajstić information content (AvgIpc) is 3.18. The number of aromatic nitrogens is 2. The summed E-state index contributed by atoms with van der Waals surface area (Å²) >= 11 is 0. The molecule has 0 spiro atoms. The topological polar surface area (TPSA) is 116 Å². The molecule has 0 aliphatic rings. The highest BCUT2D eigenvalue weighted by atomic mass is 16.5. The number of carbonyl (C=O) groups is 1. The van der Waals surface area contributed by atoms with E-state index in [9.17, 15) is 4.79 Å². The first kappa shape index (κ1) is 15.6. The molecule has 24 heavy (non-hydrogen) atoms. The van der Waals surface area contributed by atoms with Gasteiger partial charge in [-0.15, -0.1) is 0 Å². The Hall–Kier alpha value is -3.29. The third-order valence-electron chi connectivity index (χ3n) is 3.38. The van der Waals surface area contributed by atoms with Gasteiger partial charge in [0, 0.05) is 17.8 Å². The molecule has 0 saturated carbocycles. The minimum Gasteiger partial charge on any atom is -0.481 e. The van der Waals surface area contributed by atoms with Crippen LogP contribution < -0.4 is 15.8 Å². The fraction of sp³-hybridized carbons (Fsp3) is 0.188. The lowest BCUT2D eigenvalue weighted by Crippen LogP contribution is -2.23. The zero-order valence-electron chi connectivity index (χ0n) is 13.2. The average molecular weight is 328 g/mol. The van der Waals surface area contributed by atoms with Gasteiger partial charge in [0.15, 0.2) is 0 Å². The number of nitrogens with zero attached hydrogens (tertiary/aromatic N) is 2. The Bertz CT molecular complexity index is 851. The number of carbonyl (C=O) groups excluding carboxylic acids is 1. The number of hydrogen-bond donors (Lipinski definition) is 2. The van der Waals surface area contributed by atoms with Crippen molar-refractivity contribution in [2.75, 3.05) is 12.8 Å². The number of pyridine rings is 1. The number of aryl methyl sites for hydroxylation is 1. The molecular weight excluding hydrogens is 312 g/mol. The Labute approximate surface area is 137 Å². The zero-order valence-corrected chi connectivity index (χ0v) is 13.2. The number of furan rings is 1. The fourth-order valence-corrected chi connectivity index (χ4v) is 2.20. The van der Waals surface area contributed by atoms with Crippen LogP contribution in [-0.2, 0) is 6.54 Å². The number of rotatable bonds is 5. The van der Waals surface area contributed by atoms with Gasteiger partial charge in [0.05, 0.1) is 13.7 Å². The van der Waals surface area contributed by atoms with E-state index in [1.54, 1.807) is 18.2 Å². The molecule has 0 aliphatic heterocycles. The van der Waals surface area contributed by atoms with Gasteiger partial charge < -0.3 is 24.7 Å². The molecule has 3 rings (SSSR count). The van der Waals surface area contributed by atoms with Gasteiger partial charge in [-0.3, -0.25) is 4.79 Å². The predicted molar refractivity (Wildman–Crippen MR) is 85.3 cm³/mol. The van der Waals surface area contributed by atoms with Crippen molar-refractivity contribution in [2.24, 2.45) is 0 Å². The lowest BCUT2D eigenvalue weighted by atomic mass is 10.1. The molecule has 8 nitrogen and oxygen atoms in total. The lowest BCUT2D eigenvalue weighted by Gasteiger charge is -2.04. The number of nitrogens with two attached hydrogens (primary N) is 1. The van der Waals surface area contributed by atoms with Crippen LogP contribution in [-0.4, -0.2) is 23.2 Å². The third-order valence-corrected chi connectivity index (χ3v) is 3.38. The van der Waals surface area contributed by atoms with Crippen molar-refractivity contribution in [2.45, 2.75) is 13.5 Å². The molecule has 0 unspecified atom stereocenters. The second-order valence-corrected chi connectivity index (χ2v) is 5.05. The summed E-state index contributed by atoms with van der Waals surface area (Å²) < 4.78 is 15.4. The quantitative estimate of drug-likeness (QED) is 0.737. The van der Waals surface area contributed by atoms with E-state index in [1.165, 1.54) is 13.3 Å². The molecule has 0 saturated heterocycles. The van der Waals surface area contributed by atoms with Crippen LogP contribution in [0.3, 0.4) is 0 Å². The molecule has 8 heteroatoms. The molecule has 3 aromatic rings. The Morgan fingerprint density at radius 3 is 2.79 bits per heavy atom. The maximum Gasteiger partial charge on any atom is 0.259 e. The molecule has 0 aromatic carbocycles. The van der Waals surface area contributed by atoms with Crippen LogP contribution >= 0.6 is 0 Å². The van der Waals surface area contributed by atoms with Gasteiger partial charge in [-0.25, -0.2) is 4.98 Å². The highest BCUT2D eigenvalue weighted by Gasteiger charge is 2.22. The molecule has 0 atom stereocenters. The van der Waals surface area contributed by atoms with Crippen molar-refractivity contribution in [3.05, 3.63) is 47.5 Å². The SMILES string of the molecule is COc1ccc(-c2noc(N)c2C(=O)NCc2ccc(C)o2)cn1. The summed E-state index contributed by atoms with van der Waals surface area (Å²) in [4.78, 5) is 16.5.